The van der Waals surface area contributed by atoms with Crippen molar-refractivity contribution in [3.05, 3.63) is 59.4 Å². The molecule has 4 nitrogen and oxygen atoms in total. The van der Waals surface area contributed by atoms with Crippen LogP contribution in [0, 0.1) is 5.82 Å². The number of hydrogen-bond donors (Lipinski definition) is 1. The number of carbonyl (C=O) groups excluding carboxylic acids is 1. The first-order chi connectivity index (χ1) is 11.7. The first-order valence-electron chi connectivity index (χ1n) is 8.12. The molecule has 2 aromatic carbocycles. The molecule has 1 aliphatic heterocycles. The average molecular weight is 328 g/mol. The molecule has 1 fully saturated rings. The number of anilines is 1. The van der Waals surface area contributed by atoms with E-state index in [1.54, 1.807) is 6.07 Å². The summed E-state index contributed by atoms with van der Waals surface area (Å²) in [6, 6.07) is 12.0. The average Bonchev–Trinajstić information content (AvgIpc) is 3.09. The van der Waals surface area contributed by atoms with Crippen molar-refractivity contribution in [1.29, 1.82) is 0 Å². The van der Waals surface area contributed by atoms with Crippen LogP contribution >= 0.6 is 0 Å². The van der Waals surface area contributed by atoms with Gasteiger partial charge in [-0.05, 0) is 61.8 Å². The highest BCUT2D eigenvalue weighted by Crippen LogP contribution is 2.19. The molecule has 0 unspecified atom stereocenters. The van der Waals surface area contributed by atoms with Gasteiger partial charge in [0, 0.05) is 17.8 Å². The van der Waals surface area contributed by atoms with E-state index >= 15 is 0 Å². The van der Waals surface area contributed by atoms with Gasteiger partial charge in [0.1, 0.15) is 0 Å². The van der Waals surface area contributed by atoms with Crippen molar-refractivity contribution in [2.45, 2.75) is 19.4 Å². The molecule has 1 heterocycles. The minimum absolute atomic E-state index is 0.123. The molecular formula is C19H21FN2O2. The summed E-state index contributed by atoms with van der Waals surface area (Å²) in [4.78, 5) is 14.6. The van der Waals surface area contributed by atoms with E-state index in [1.165, 1.54) is 37.6 Å². The Morgan fingerprint density at radius 3 is 2.50 bits per heavy atom. The minimum atomic E-state index is -0.550. The van der Waals surface area contributed by atoms with Gasteiger partial charge < -0.3 is 10.1 Å². The number of nitrogens with zero attached hydrogens (tertiary/aromatic N) is 1. The first-order valence-corrected chi connectivity index (χ1v) is 8.12. The monoisotopic (exact) mass is 328 g/mol. The molecule has 0 aromatic heterocycles. The molecule has 5 heteroatoms. The van der Waals surface area contributed by atoms with E-state index in [0.29, 0.717) is 5.69 Å². The number of halogens is 1. The smallest absolute Gasteiger partial charge is 0.255 e. The van der Waals surface area contributed by atoms with Crippen molar-refractivity contribution in [2.75, 3.05) is 25.5 Å². The number of methoxy groups -OCH3 is 1. The highest BCUT2D eigenvalue weighted by molar-refractivity contribution is 6.04. The van der Waals surface area contributed by atoms with Crippen molar-refractivity contribution in [2.24, 2.45) is 0 Å². The third-order valence-corrected chi connectivity index (χ3v) is 4.23. The van der Waals surface area contributed by atoms with Crippen LogP contribution < -0.4 is 10.1 Å². The molecule has 1 amide bonds. The van der Waals surface area contributed by atoms with E-state index in [4.69, 9.17) is 4.74 Å². The van der Waals surface area contributed by atoms with Gasteiger partial charge >= 0.3 is 0 Å². The predicted molar refractivity (Wildman–Crippen MR) is 91.9 cm³/mol. The van der Waals surface area contributed by atoms with Gasteiger partial charge in [-0.3, -0.25) is 9.69 Å². The third kappa shape index (κ3) is 3.92. The van der Waals surface area contributed by atoms with Crippen LogP contribution in [0.3, 0.4) is 0 Å². The van der Waals surface area contributed by atoms with Crippen LogP contribution in [0.5, 0.6) is 5.75 Å². The fourth-order valence-electron chi connectivity index (χ4n) is 2.90. The van der Waals surface area contributed by atoms with Crippen molar-refractivity contribution in [3.8, 4) is 5.75 Å². The lowest BCUT2D eigenvalue weighted by Gasteiger charge is -2.14. The highest BCUT2D eigenvalue weighted by atomic mass is 19.1. The number of carbonyl (C=O) groups is 1. The Morgan fingerprint density at radius 2 is 1.88 bits per heavy atom. The van der Waals surface area contributed by atoms with Gasteiger partial charge in [-0.15, -0.1) is 0 Å². The zero-order valence-corrected chi connectivity index (χ0v) is 13.7. The molecule has 0 atom stereocenters. The molecular weight excluding hydrogens is 307 g/mol. The number of nitrogens with one attached hydrogen (secondary N) is 1. The minimum Gasteiger partial charge on any atom is -0.494 e. The van der Waals surface area contributed by atoms with Crippen LogP contribution in [0.15, 0.2) is 42.5 Å². The van der Waals surface area contributed by atoms with E-state index in [1.807, 2.05) is 24.3 Å². The predicted octanol–water partition coefficient (Wildman–Crippen LogP) is 3.68. The van der Waals surface area contributed by atoms with E-state index < -0.39 is 5.82 Å². The zero-order valence-electron chi connectivity index (χ0n) is 13.7. The lowest BCUT2D eigenvalue weighted by molar-refractivity contribution is 0.102. The van der Waals surface area contributed by atoms with Crippen LogP contribution in [-0.2, 0) is 6.54 Å². The Hall–Kier alpha value is -2.40. The van der Waals surface area contributed by atoms with Crippen LogP contribution in [0.2, 0.25) is 0 Å². The van der Waals surface area contributed by atoms with Crippen molar-refractivity contribution < 1.29 is 13.9 Å². The normalized spacial score (nSPS) is 14.6. The van der Waals surface area contributed by atoms with E-state index in [0.717, 1.165) is 19.6 Å². The fraction of sp³-hybridized carbons (Fsp3) is 0.316. The quantitative estimate of drug-likeness (QED) is 0.910. The zero-order chi connectivity index (χ0) is 16.9. The molecule has 0 bridgehead atoms. The maximum absolute atomic E-state index is 13.7. The number of hydrogen-bond acceptors (Lipinski definition) is 3. The molecule has 1 saturated heterocycles. The van der Waals surface area contributed by atoms with Crippen molar-refractivity contribution >= 4 is 11.6 Å². The fourth-order valence-corrected chi connectivity index (χ4v) is 2.90. The lowest BCUT2D eigenvalue weighted by atomic mass is 10.1. The summed E-state index contributed by atoms with van der Waals surface area (Å²) in [5.41, 5.74) is 2.18. The topological polar surface area (TPSA) is 41.6 Å². The van der Waals surface area contributed by atoms with Crippen LogP contribution in [0.4, 0.5) is 10.1 Å². The van der Waals surface area contributed by atoms with Gasteiger partial charge in [-0.2, -0.15) is 0 Å². The second-order valence-electron chi connectivity index (χ2n) is 5.98. The Labute approximate surface area is 141 Å². The molecule has 1 aliphatic rings. The van der Waals surface area contributed by atoms with E-state index in [9.17, 15) is 9.18 Å². The van der Waals surface area contributed by atoms with Gasteiger partial charge in [-0.25, -0.2) is 4.39 Å². The highest BCUT2D eigenvalue weighted by Gasteiger charge is 2.12. The van der Waals surface area contributed by atoms with Gasteiger partial charge in [-0.1, -0.05) is 12.1 Å². The number of amides is 1. The second-order valence-corrected chi connectivity index (χ2v) is 5.98. The largest absolute Gasteiger partial charge is 0.494 e. The number of ether oxygens (including phenoxy) is 1. The SMILES string of the molecule is COc1ccc(C(=O)Nc2ccc(CN3CCCC3)cc2)cc1F. The molecule has 24 heavy (non-hydrogen) atoms. The molecule has 1 N–H and O–H groups in total. The molecule has 3 rings (SSSR count). The Morgan fingerprint density at radius 1 is 1.17 bits per heavy atom. The number of benzene rings is 2. The summed E-state index contributed by atoms with van der Waals surface area (Å²) in [6.07, 6.45) is 2.54. The molecule has 0 spiro atoms. The Bertz CT molecular complexity index is 710. The first kappa shape index (κ1) is 16.5. The summed E-state index contributed by atoms with van der Waals surface area (Å²) in [7, 11) is 1.39. The van der Waals surface area contributed by atoms with Crippen molar-refractivity contribution in [1.82, 2.24) is 4.90 Å². The molecule has 0 radical (unpaired) electrons. The molecule has 0 aliphatic carbocycles. The van der Waals surface area contributed by atoms with Gasteiger partial charge in [0.2, 0.25) is 0 Å². The maximum Gasteiger partial charge on any atom is 0.255 e. The Balaban J connectivity index is 1.62. The second kappa shape index (κ2) is 7.45. The van der Waals surface area contributed by atoms with Crippen LogP contribution in [-0.4, -0.2) is 31.0 Å². The standard InChI is InChI=1S/C19H21FN2O2/c1-24-18-9-6-15(12-17(18)20)19(23)21-16-7-4-14(5-8-16)13-22-10-2-3-11-22/h4-9,12H,2-3,10-11,13H2,1H3,(H,21,23). The van der Waals surface area contributed by atoms with Gasteiger partial charge in [0.25, 0.3) is 5.91 Å². The third-order valence-electron chi connectivity index (χ3n) is 4.23. The maximum atomic E-state index is 13.7. The summed E-state index contributed by atoms with van der Waals surface area (Å²) in [5, 5.41) is 2.78. The van der Waals surface area contributed by atoms with Gasteiger partial charge in [0.15, 0.2) is 11.6 Å². The summed E-state index contributed by atoms with van der Waals surface area (Å²) in [5.74, 6) is -0.771. The Kier molecular flexibility index (Phi) is 5.11. The number of likely N-dealkylation sites (tertiary alicyclic amines) is 1. The summed E-state index contributed by atoms with van der Waals surface area (Å²) >= 11 is 0. The molecule has 2 aromatic rings. The van der Waals surface area contributed by atoms with Crippen molar-refractivity contribution in [3.63, 3.8) is 0 Å². The van der Waals surface area contributed by atoms with E-state index in [-0.39, 0.29) is 17.2 Å². The van der Waals surface area contributed by atoms with Crippen LogP contribution in [0.1, 0.15) is 28.8 Å². The lowest BCUT2D eigenvalue weighted by Crippen LogP contribution is -2.18. The summed E-state index contributed by atoms with van der Waals surface area (Å²) in [6.45, 7) is 3.25. The van der Waals surface area contributed by atoms with E-state index in [2.05, 4.69) is 10.2 Å². The van der Waals surface area contributed by atoms with Crippen LogP contribution in [0.25, 0.3) is 0 Å². The molecule has 0 saturated carbocycles. The summed E-state index contributed by atoms with van der Waals surface area (Å²) < 4.78 is 18.5. The molecule has 126 valence electrons. The number of rotatable bonds is 5. The van der Waals surface area contributed by atoms with Gasteiger partial charge in [0.05, 0.1) is 7.11 Å².